The third-order valence-electron chi connectivity index (χ3n) is 3.34. The van der Waals surface area contributed by atoms with E-state index in [1.807, 2.05) is 26.1 Å². The number of aliphatic hydroxyl groups excluding tert-OH is 1. The van der Waals surface area contributed by atoms with Crippen LogP contribution in [0, 0.1) is 6.92 Å². The third kappa shape index (κ3) is 2.68. The Bertz CT molecular complexity index is 414. The minimum absolute atomic E-state index is 0.0413. The smallest absolute Gasteiger partial charge is 0.237 e. The molecule has 1 aromatic rings. The minimum Gasteiger partial charge on any atom is -0.392 e. The summed E-state index contributed by atoms with van der Waals surface area (Å²) in [5.74, 6) is -0.0413. The first-order valence-electron chi connectivity index (χ1n) is 5.88. The Hall–Kier alpha value is -1.33. The number of aliphatic hydroxyl groups is 1. The van der Waals surface area contributed by atoms with Crippen LogP contribution in [-0.4, -0.2) is 34.3 Å². The molecule has 1 fully saturated rings. The Balaban J connectivity index is 1.86. The minimum atomic E-state index is -0.400. The van der Waals surface area contributed by atoms with Gasteiger partial charge in [-0.1, -0.05) is 0 Å². The summed E-state index contributed by atoms with van der Waals surface area (Å²) in [6.07, 6.45) is 0.0980. The van der Waals surface area contributed by atoms with Gasteiger partial charge in [-0.3, -0.25) is 4.79 Å². The van der Waals surface area contributed by atoms with E-state index in [4.69, 9.17) is 0 Å². The molecule has 0 aromatic carbocycles. The van der Waals surface area contributed by atoms with Gasteiger partial charge in [-0.15, -0.1) is 0 Å². The molecule has 0 spiro atoms. The highest BCUT2D eigenvalue weighted by atomic mass is 16.3. The van der Waals surface area contributed by atoms with Gasteiger partial charge in [0, 0.05) is 25.0 Å². The highest BCUT2D eigenvalue weighted by Crippen LogP contribution is 2.08. The quantitative estimate of drug-likeness (QED) is 0.674. The van der Waals surface area contributed by atoms with Crippen LogP contribution < -0.4 is 10.6 Å². The number of rotatable bonds is 3. The lowest BCUT2D eigenvalue weighted by Gasteiger charge is -2.11. The molecule has 0 bridgehead atoms. The molecule has 0 aliphatic carbocycles. The van der Waals surface area contributed by atoms with Crippen LogP contribution in [0.4, 0.5) is 0 Å². The number of nitrogens with one attached hydrogen (secondary N) is 2. The number of aromatic nitrogens is 1. The van der Waals surface area contributed by atoms with Crippen molar-refractivity contribution >= 4 is 5.91 Å². The molecule has 2 heterocycles. The first-order valence-corrected chi connectivity index (χ1v) is 5.88. The lowest BCUT2D eigenvalue weighted by Crippen LogP contribution is -2.40. The van der Waals surface area contributed by atoms with Crippen LogP contribution in [0.3, 0.4) is 0 Å². The summed E-state index contributed by atoms with van der Waals surface area (Å²) in [6, 6.07) is 3.78. The molecule has 1 aliphatic rings. The van der Waals surface area contributed by atoms with Crippen LogP contribution in [0.25, 0.3) is 0 Å². The Morgan fingerprint density at radius 1 is 1.65 bits per heavy atom. The lowest BCUT2D eigenvalue weighted by molar-refractivity contribution is -0.123. The zero-order valence-electron chi connectivity index (χ0n) is 10.2. The first-order chi connectivity index (χ1) is 8.08. The molecular weight excluding hydrogens is 218 g/mol. The first kappa shape index (κ1) is 12.1. The molecule has 0 radical (unpaired) electrons. The van der Waals surface area contributed by atoms with Gasteiger partial charge in [0.15, 0.2) is 0 Å². The molecule has 17 heavy (non-hydrogen) atoms. The zero-order valence-corrected chi connectivity index (χ0v) is 10.2. The predicted octanol–water partition coefficient (Wildman–Crippen LogP) is -0.327. The Labute approximate surface area is 101 Å². The molecule has 2 unspecified atom stereocenters. The fraction of sp³-hybridized carbons (Fsp3) is 0.583. The summed E-state index contributed by atoms with van der Waals surface area (Å²) in [5.41, 5.74) is 2.25. The fourth-order valence-electron chi connectivity index (χ4n) is 2.06. The molecule has 5 heteroatoms. The number of hydrogen-bond donors (Lipinski definition) is 3. The molecule has 5 nitrogen and oxygen atoms in total. The molecule has 94 valence electrons. The lowest BCUT2D eigenvalue weighted by atomic mass is 10.2. The average Bonchev–Trinajstić information content (AvgIpc) is 2.86. The topological polar surface area (TPSA) is 66.3 Å². The monoisotopic (exact) mass is 237 g/mol. The molecule has 3 N–H and O–H groups in total. The maximum atomic E-state index is 11.8. The van der Waals surface area contributed by atoms with E-state index in [9.17, 15) is 9.90 Å². The molecule has 1 aromatic heterocycles. The van der Waals surface area contributed by atoms with Gasteiger partial charge < -0.3 is 20.3 Å². The molecular formula is C12H19N3O2. The molecule has 1 aliphatic heterocycles. The summed E-state index contributed by atoms with van der Waals surface area (Å²) in [6.45, 7) is 3.05. The Morgan fingerprint density at radius 3 is 2.94 bits per heavy atom. The largest absolute Gasteiger partial charge is 0.392 e. The number of nitrogens with zero attached hydrogens (tertiary/aromatic N) is 1. The van der Waals surface area contributed by atoms with Crippen LogP contribution in [-0.2, 0) is 18.4 Å². The maximum absolute atomic E-state index is 11.8. The molecule has 0 saturated carbocycles. The number of carbonyl (C=O) groups excluding carboxylic acids is 1. The van der Waals surface area contributed by atoms with Crippen molar-refractivity contribution in [3.63, 3.8) is 0 Å². The van der Waals surface area contributed by atoms with Crippen molar-refractivity contribution in [3.05, 3.63) is 23.5 Å². The van der Waals surface area contributed by atoms with Gasteiger partial charge in [-0.25, -0.2) is 0 Å². The van der Waals surface area contributed by atoms with Crippen LogP contribution in [0.5, 0.6) is 0 Å². The van der Waals surface area contributed by atoms with Gasteiger partial charge in [0.05, 0.1) is 18.7 Å². The van der Waals surface area contributed by atoms with Crippen molar-refractivity contribution in [1.29, 1.82) is 0 Å². The van der Waals surface area contributed by atoms with Crippen LogP contribution >= 0.6 is 0 Å². The second kappa shape index (κ2) is 4.89. The van der Waals surface area contributed by atoms with E-state index in [-0.39, 0.29) is 11.9 Å². The van der Waals surface area contributed by atoms with Gasteiger partial charge in [-0.05, 0) is 25.5 Å². The highest BCUT2D eigenvalue weighted by molar-refractivity contribution is 5.82. The number of β-amino-alcohol motifs (C(OH)–C–C–N with tert-alkyl or cyclic N) is 1. The third-order valence-corrected chi connectivity index (χ3v) is 3.34. The van der Waals surface area contributed by atoms with E-state index in [1.54, 1.807) is 0 Å². The molecule has 1 saturated heterocycles. The second-order valence-electron chi connectivity index (χ2n) is 4.59. The average molecular weight is 237 g/mol. The van der Waals surface area contributed by atoms with E-state index in [1.165, 1.54) is 5.69 Å². The van der Waals surface area contributed by atoms with Gasteiger partial charge in [-0.2, -0.15) is 0 Å². The summed E-state index contributed by atoms with van der Waals surface area (Å²) in [5, 5.41) is 15.2. The predicted molar refractivity (Wildman–Crippen MR) is 64.4 cm³/mol. The SMILES string of the molecule is Cc1ccc(CNC(=O)C2CC(O)CN2)n1C. The number of hydrogen-bond acceptors (Lipinski definition) is 3. The highest BCUT2D eigenvalue weighted by Gasteiger charge is 2.27. The van der Waals surface area contributed by atoms with E-state index in [0.717, 1.165) is 5.69 Å². The van der Waals surface area contributed by atoms with Gasteiger partial charge in [0.1, 0.15) is 0 Å². The van der Waals surface area contributed by atoms with Gasteiger partial charge in [0.25, 0.3) is 0 Å². The Kier molecular flexibility index (Phi) is 3.49. The zero-order chi connectivity index (χ0) is 12.4. The molecule has 2 atom stereocenters. The summed E-state index contributed by atoms with van der Waals surface area (Å²) >= 11 is 0. The van der Waals surface area contributed by atoms with Crippen molar-refractivity contribution in [3.8, 4) is 0 Å². The van der Waals surface area contributed by atoms with Crippen molar-refractivity contribution in [2.45, 2.75) is 32.0 Å². The fourth-order valence-corrected chi connectivity index (χ4v) is 2.06. The van der Waals surface area contributed by atoms with E-state index >= 15 is 0 Å². The van der Waals surface area contributed by atoms with Crippen LogP contribution in [0.2, 0.25) is 0 Å². The van der Waals surface area contributed by atoms with Crippen LogP contribution in [0.1, 0.15) is 17.8 Å². The standard InChI is InChI=1S/C12H19N3O2/c1-8-3-4-9(15(8)2)6-14-12(17)11-5-10(16)7-13-11/h3-4,10-11,13,16H,5-7H2,1-2H3,(H,14,17). The van der Waals surface area contributed by atoms with E-state index < -0.39 is 6.10 Å². The summed E-state index contributed by atoms with van der Waals surface area (Å²) < 4.78 is 2.05. The van der Waals surface area contributed by atoms with Gasteiger partial charge >= 0.3 is 0 Å². The van der Waals surface area contributed by atoms with Crippen molar-refractivity contribution < 1.29 is 9.90 Å². The second-order valence-corrected chi connectivity index (χ2v) is 4.59. The van der Waals surface area contributed by atoms with E-state index in [2.05, 4.69) is 15.2 Å². The van der Waals surface area contributed by atoms with Crippen molar-refractivity contribution in [1.82, 2.24) is 15.2 Å². The maximum Gasteiger partial charge on any atom is 0.237 e. The normalized spacial score (nSPS) is 23.9. The van der Waals surface area contributed by atoms with E-state index in [0.29, 0.717) is 19.5 Å². The summed E-state index contributed by atoms with van der Waals surface area (Å²) in [4.78, 5) is 11.8. The number of aryl methyl sites for hydroxylation is 1. The molecule has 1 amide bonds. The number of carbonyl (C=O) groups is 1. The van der Waals surface area contributed by atoms with Crippen molar-refractivity contribution in [2.24, 2.45) is 7.05 Å². The Morgan fingerprint density at radius 2 is 2.41 bits per heavy atom. The summed E-state index contributed by atoms with van der Waals surface area (Å²) in [7, 11) is 1.98. The van der Waals surface area contributed by atoms with Gasteiger partial charge in [0.2, 0.25) is 5.91 Å². The number of amides is 1. The van der Waals surface area contributed by atoms with Crippen molar-refractivity contribution in [2.75, 3.05) is 6.54 Å². The van der Waals surface area contributed by atoms with Crippen LogP contribution in [0.15, 0.2) is 12.1 Å². The molecule has 2 rings (SSSR count).